The molecule has 0 saturated heterocycles. The number of anilines is 2. The number of aryl methyl sites for hydroxylation is 1. The minimum Gasteiger partial charge on any atom is -0.378 e. The molecule has 5 rings (SSSR count). The molecule has 4 nitrogen and oxygen atoms in total. The molecule has 164 valence electrons. The Bertz CT molecular complexity index is 1320. The summed E-state index contributed by atoms with van der Waals surface area (Å²) in [6.45, 7) is 1.84. The van der Waals surface area contributed by atoms with Gasteiger partial charge in [-0.05, 0) is 78.4 Å². The normalized spacial score (nSPS) is 21.5. The Labute approximate surface area is 198 Å². The van der Waals surface area contributed by atoms with E-state index in [1.165, 1.54) is 5.56 Å². The third kappa shape index (κ3) is 3.90. The molecule has 0 radical (unpaired) electrons. The number of allylic oxidation sites excluding steroid dienone is 2. The van der Waals surface area contributed by atoms with Gasteiger partial charge in [-0.1, -0.05) is 53.6 Å². The van der Waals surface area contributed by atoms with E-state index in [1.54, 1.807) is 30.3 Å². The zero-order chi connectivity index (χ0) is 22.5. The van der Waals surface area contributed by atoms with Crippen molar-refractivity contribution >= 4 is 44.6 Å². The number of halogens is 2. The average Bonchev–Trinajstić information content (AvgIpc) is 3.26. The zero-order valence-corrected chi connectivity index (χ0v) is 19.7. The molecule has 1 heterocycles. The van der Waals surface area contributed by atoms with E-state index in [4.69, 9.17) is 23.2 Å². The second kappa shape index (κ2) is 8.14. The lowest BCUT2D eigenvalue weighted by Crippen LogP contribution is -2.29. The van der Waals surface area contributed by atoms with Gasteiger partial charge in [0.15, 0.2) is 0 Å². The Morgan fingerprint density at radius 2 is 1.72 bits per heavy atom. The van der Waals surface area contributed by atoms with Crippen LogP contribution in [0, 0.1) is 12.8 Å². The Kier molecular flexibility index (Phi) is 5.44. The smallest absolute Gasteiger partial charge is 0.261 e. The van der Waals surface area contributed by atoms with Crippen LogP contribution in [0.5, 0.6) is 0 Å². The fourth-order valence-electron chi connectivity index (χ4n) is 4.65. The van der Waals surface area contributed by atoms with Crippen LogP contribution in [0.25, 0.3) is 0 Å². The Hall–Kier alpha value is -2.47. The van der Waals surface area contributed by atoms with Gasteiger partial charge in [0.05, 0.1) is 16.6 Å². The Balaban J connectivity index is 1.49. The number of nitrogens with one attached hydrogen (secondary N) is 2. The Morgan fingerprint density at radius 3 is 2.50 bits per heavy atom. The van der Waals surface area contributed by atoms with Crippen molar-refractivity contribution < 1.29 is 8.42 Å². The molecule has 0 bridgehead atoms. The highest BCUT2D eigenvalue weighted by atomic mass is 35.5. The summed E-state index contributed by atoms with van der Waals surface area (Å²) in [4.78, 5) is 0.237. The van der Waals surface area contributed by atoms with Crippen molar-refractivity contribution in [3.05, 3.63) is 99.6 Å². The summed E-state index contributed by atoms with van der Waals surface area (Å²) in [7, 11) is -3.76. The highest BCUT2D eigenvalue weighted by molar-refractivity contribution is 7.92. The molecule has 0 aromatic heterocycles. The number of hydrogen-bond donors (Lipinski definition) is 2. The number of fused-ring (bicyclic) bond motifs is 3. The lowest BCUT2D eigenvalue weighted by molar-refractivity contribution is 0.425. The van der Waals surface area contributed by atoms with E-state index < -0.39 is 10.0 Å². The predicted octanol–water partition coefficient (Wildman–Crippen LogP) is 6.93. The van der Waals surface area contributed by atoms with Crippen LogP contribution in [0.4, 0.5) is 11.4 Å². The molecule has 0 unspecified atom stereocenters. The number of sulfonamides is 1. The summed E-state index contributed by atoms with van der Waals surface area (Å²) in [5, 5.41) is 4.83. The fraction of sp³-hybridized carbons (Fsp3) is 0.200. The van der Waals surface area contributed by atoms with Crippen LogP contribution in [0.1, 0.15) is 35.1 Å². The summed E-state index contributed by atoms with van der Waals surface area (Å²) in [5.41, 5.74) is 4.42. The highest BCUT2D eigenvalue weighted by Crippen LogP contribution is 2.50. The molecule has 2 N–H and O–H groups in total. The van der Waals surface area contributed by atoms with Gasteiger partial charge >= 0.3 is 0 Å². The number of benzene rings is 3. The predicted molar refractivity (Wildman–Crippen MR) is 131 cm³/mol. The first-order valence-electron chi connectivity index (χ1n) is 10.4. The quantitative estimate of drug-likeness (QED) is 0.394. The van der Waals surface area contributed by atoms with E-state index in [0.717, 1.165) is 23.2 Å². The molecule has 32 heavy (non-hydrogen) atoms. The summed E-state index contributed by atoms with van der Waals surface area (Å²) >= 11 is 12.1. The van der Waals surface area contributed by atoms with Crippen molar-refractivity contribution in [1.82, 2.24) is 0 Å². The average molecular weight is 485 g/mol. The van der Waals surface area contributed by atoms with Gasteiger partial charge in [0.1, 0.15) is 0 Å². The van der Waals surface area contributed by atoms with Crippen molar-refractivity contribution in [1.29, 1.82) is 0 Å². The molecule has 2 aliphatic rings. The third-order valence-corrected chi connectivity index (χ3v) is 8.17. The van der Waals surface area contributed by atoms with Gasteiger partial charge in [-0.15, -0.1) is 0 Å². The second-order valence-corrected chi connectivity index (χ2v) is 10.9. The molecule has 1 aliphatic heterocycles. The largest absolute Gasteiger partial charge is 0.378 e. The summed E-state index contributed by atoms with van der Waals surface area (Å²) in [6.07, 6.45) is 5.31. The topological polar surface area (TPSA) is 58.2 Å². The van der Waals surface area contributed by atoms with Gasteiger partial charge in [-0.3, -0.25) is 4.72 Å². The van der Waals surface area contributed by atoms with Crippen LogP contribution < -0.4 is 10.0 Å². The van der Waals surface area contributed by atoms with Crippen LogP contribution >= 0.6 is 23.2 Å². The summed E-state index contributed by atoms with van der Waals surface area (Å²) < 4.78 is 29.0. The molecule has 7 heteroatoms. The van der Waals surface area contributed by atoms with Crippen LogP contribution in [0.3, 0.4) is 0 Å². The van der Waals surface area contributed by atoms with Gasteiger partial charge in [-0.25, -0.2) is 8.42 Å². The van der Waals surface area contributed by atoms with E-state index in [2.05, 4.69) is 34.3 Å². The monoisotopic (exact) mass is 484 g/mol. The van der Waals surface area contributed by atoms with Gasteiger partial charge in [-0.2, -0.15) is 0 Å². The van der Waals surface area contributed by atoms with Crippen LogP contribution in [0.2, 0.25) is 10.0 Å². The lowest BCUT2D eigenvalue weighted by atomic mass is 9.77. The minimum absolute atomic E-state index is 0.134. The first-order valence-corrected chi connectivity index (χ1v) is 12.7. The lowest BCUT2D eigenvalue weighted by Gasteiger charge is -2.37. The maximum absolute atomic E-state index is 13.2. The molecule has 0 saturated carbocycles. The van der Waals surface area contributed by atoms with Crippen molar-refractivity contribution in [2.45, 2.75) is 30.2 Å². The van der Waals surface area contributed by atoms with E-state index in [-0.39, 0.29) is 16.9 Å². The van der Waals surface area contributed by atoms with Crippen molar-refractivity contribution in [2.75, 3.05) is 10.0 Å². The molecular formula is C25H22Cl2N2O2S. The summed E-state index contributed by atoms with van der Waals surface area (Å²) in [6, 6.07) is 18.5. The third-order valence-electron chi connectivity index (χ3n) is 6.32. The zero-order valence-electron chi connectivity index (χ0n) is 17.3. The molecule has 0 amide bonds. The Morgan fingerprint density at radius 1 is 0.969 bits per heavy atom. The van der Waals surface area contributed by atoms with E-state index in [1.807, 2.05) is 25.1 Å². The molecule has 3 aromatic rings. The SMILES string of the molecule is Cc1ccc(Cl)cc1NS(=O)(=O)c1ccc2c(c1)[C@H]1C=CC[C@H]1[C@@H](c1ccc(Cl)cc1)N2. The van der Waals surface area contributed by atoms with Crippen LogP contribution in [-0.4, -0.2) is 8.42 Å². The van der Waals surface area contributed by atoms with Crippen LogP contribution in [0.15, 0.2) is 77.7 Å². The van der Waals surface area contributed by atoms with Crippen molar-refractivity contribution in [2.24, 2.45) is 5.92 Å². The van der Waals surface area contributed by atoms with Gasteiger partial charge in [0.25, 0.3) is 10.0 Å². The maximum Gasteiger partial charge on any atom is 0.261 e. The van der Waals surface area contributed by atoms with E-state index in [9.17, 15) is 8.42 Å². The van der Waals surface area contributed by atoms with Crippen LogP contribution in [-0.2, 0) is 10.0 Å². The first-order chi connectivity index (χ1) is 15.3. The second-order valence-electron chi connectivity index (χ2n) is 8.34. The summed E-state index contributed by atoms with van der Waals surface area (Å²) in [5.74, 6) is 0.458. The highest BCUT2D eigenvalue weighted by Gasteiger charge is 2.38. The minimum atomic E-state index is -3.76. The number of hydrogen-bond acceptors (Lipinski definition) is 3. The maximum atomic E-state index is 13.2. The molecule has 0 spiro atoms. The van der Waals surface area contributed by atoms with Crippen molar-refractivity contribution in [3.63, 3.8) is 0 Å². The van der Waals surface area contributed by atoms with E-state index >= 15 is 0 Å². The van der Waals surface area contributed by atoms with Crippen molar-refractivity contribution in [3.8, 4) is 0 Å². The van der Waals surface area contributed by atoms with Gasteiger partial charge in [0, 0.05) is 21.7 Å². The molecule has 0 fully saturated rings. The molecular weight excluding hydrogens is 463 g/mol. The van der Waals surface area contributed by atoms with E-state index in [0.29, 0.717) is 21.7 Å². The van der Waals surface area contributed by atoms with Gasteiger partial charge in [0.2, 0.25) is 0 Å². The number of rotatable bonds is 4. The molecule has 1 aliphatic carbocycles. The molecule has 3 aromatic carbocycles. The van der Waals surface area contributed by atoms with Gasteiger partial charge < -0.3 is 5.32 Å². The molecule has 3 atom stereocenters. The first kappa shape index (κ1) is 21.4. The standard InChI is InChI=1S/C25H22Cl2N2O2S/c1-15-5-8-18(27)13-24(15)29-32(30,31)19-11-12-23-22(14-19)20-3-2-4-21(20)25(28-23)16-6-9-17(26)10-7-16/h2-3,5-14,20-21,25,28-29H,4H2,1H3/t20-,21+,25+/m0/s1. The fourth-order valence-corrected chi connectivity index (χ4v) is 6.10.